The third-order valence-corrected chi connectivity index (χ3v) is 7.05. The zero-order valence-corrected chi connectivity index (χ0v) is 24.4. The summed E-state index contributed by atoms with van der Waals surface area (Å²) in [5, 5.41) is 9.80. The smallest absolute Gasteiger partial charge is 0.435 e. The number of rotatable bonds is 8. The minimum Gasteiger partial charge on any atom is -0.445 e. The molecule has 3 aromatic heterocycles. The molecule has 0 atom stereocenters. The highest BCUT2D eigenvalue weighted by molar-refractivity contribution is 6.04. The Balaban J connectivity index is 1.20. The third kappa shape index (κ3) is 6.47. The molecule has 6 aromatic rings. The van der Waals surface area contributed by atoms with E-state index in [9.17, 15) is 22.8 Å². The summed E-state index contributed by atoms with van der Waals surface area (Å²) in [6, 6.07) is 17.7. The third-order valence-electron chi connectivity index (χ3n) is 7.05. The van der Waals surface area contributed by atoms with Crippen LogP contribution in [0.5, 0.6) is 0 Å². The normalized spacial score (nSPS) is 11.5. The van der Waals surface area contributed by atoms with Crippen molar-refractivity contribution in [2.45, 2.75) is 19.3 Å². The number of nitrogens with zero attached hydrogens (tertiary/aromatic N) is 6. The molecule has 0 aliphatic carbocycles. The molecule has 0 unspecified atom stereocenters. The first-order valence-electron chi connectivity index (χ1n) is 13.9. The zero-order chi connectivity index (χ0) is 33.3. The van der Waals surface area contributed by atoms with E-state index in [1.807, 2.05) is 30.3 Å². The van der Waals surface area contributed by atoms with Crippen LogP contribution in [0.25, 0.3) is 22.3 Å². The average molecular weight is 649 g/mol. The molecule has 47 heavy (non-hydrogen) atoms. The number of carbonyl (C=O) groups is 2. The highest BCUT2D eigenvalue weighted by Crippen LogP contribution is 2.31. The van der Waals surface area contributed by atoms with Crippen LogP contribution in [0.3, 0.4) is 0 Å². The predicted octanol–water partition coefficient (Wildman–Crippen LogP) is 5.96. The maximum atomic E-state index is 15.3. The van der Waals surface area contributed by atoms with Crippen LogP contribution in [-0.4, -0.2) is 48.4 Å². The van der Waals surface area contributed by atoms with E-state index in [0.717, 1.165) is 16.3 Å². The first kappa shape index (κ1) is 30.8. The van der Waals surface area contributed by atoms with Crippen molar-refractivity contribution in [2.24, 2.45) is 0 Å². The molecule has 12 nitrogen and oxygen atoms in total. The van der Waals surface area contributed by atoms with Crippen molar-refractivity contribution < 1.29 is 36.4 Å². The van der Waals surface area contributed by atoms with Crippen molar-refractivity contribution in [3.63, 3.8) is 0 Å². The quantitative estimate of drug-likeness (QED) is 0.192. The molecule has 0 aliphatic heterocycles. The molecule has 2 amide bonds. The number of anilines is 2. The Hall–Kier alpha value is -6.19. The van der Waals surface area contributed by atoms with Crippen molar-refractivity contribution >= 4 is 34.5 Å². The molecular weight excluding hydrogens is 624 g/mol. The number of aromatic nitrogens is 5. The minimum atomic E-state index is -4.87. The first-order valence-corrected chi connectivity index (χ1v) is 13.9. The van der Waals surface area contributed by atoms with Crippen molar-refractivity contribution in [1.29, 1.82) is 0 Å². The largest absolute Gasteiger partial charge is 0.445 e. The van der Waals surface area contributed by atoms with Gasteiger partial charge in [0.05, 0.1) is 23.3 Å². The molecule has 0 saturated carbocycles. The number of benzene rings is 3. The number of alkyl halides is 3. The topological polar surface area (TPSA) is 146 Å². The Labute approximate surface area is 262 Å². The Bertz CT molecular complexity index is 2090. The lowest BCUT2D eigenvalue weighted by atomic mass is 10.2. The van der Waals surface area contributed by atoms with Gasteiger partial charge < -0.3 is 29.8 Å². The summed E-state index contributed by atoms with van der Waals surface area (Å²) in [6.45, 7) is 0.111. The summed E-state index contributed by atoms with van der Waals surface area (Å²) in [5.41, 5.74) is 5.08. The van der Waals surface area contributed by atoms with Gasteiger partial charge >= 0.3 is 12.3 Å². The van der Waals surface area contributed by atoms with Gasteiger partial charge in [0, 0.05) is 37.3 Å². The van der Waals surface area contributed by atoms with Gasteiger partial charge in [-0.25, -0.2) is 18.9 Å². The molecule has 0 spiro atoms. The summed E-state index contributed by atoms with van der Waals surface area (Å²) in [5.74, 6) is -1.56. The van der Waals surface area contributed by atoms with Crippen LogP contribution in [0.1, 0.15) is 27.6 Å². The highest BCUT2D eigenvalue weighted by atomic mass is 19.4. The molecule has 0 saturated heterocycles. The Morgan fingerprint density at radius 1 is 1.04 bits per heavy atom. The second-order valence-electron chi connectivity index (χ2n) is 10.3. The van der Waals surface area contributed by atoms with Crippen molar-refractivity contribution in [3.05, 3.63) is 114 Å². The lowest BCUT2D eigenvalue weighted by Gasteiger charge is -2.18. The van der Waals surface area contributed by atoms with Gasteiger partial charge in [0.15, 0.2) is 17.1 Å². The molecule has 3 N–H and O–H groups in total. The number of nitrogens with two attached hydrogens (primary N) is 1. The maximum Gasteiger partial charge on any atom is 0.435 e. The fourth-order valence-corrected chi connectivity index (χ4v) is 4.69. The number of carbonyl (C=O) groups excluding carboxylic acids is 2. The molecule has 3 heterocycles. The van der Waals surface area contributed by atoms with Gasteiger partial charge in [-0.05, 0) is 35.9 Å². The molecular formula is C31H24F4N8O4. The molecule has 3 aromatic carbocycles. The summed E-state index contributed by atoms with van der Waals surface area (Å²) in [7, 11) is 1.53. The van der Waals surface area contributed by atoms with Crippen LogP contribution in [-0.2, 0) is 24.1 Å². The average Bonchev–Trinajstić information content (AvgIpc) is 3.80. The number of imidazole rings is 1. The predicted molar refractivity (Wildman–Crippen MR) is 160 cm³/mol. The molecule has 16 heteroatoms. The molecule has 6 rings (SSSR count). The summed E-state index contributed by atoms with van der Waals surface area (Å²) in [6.07, 6.45) is -2.44. The van der Waals surface area contributed by atoms with Crippen LogP contribution >= 0.6 is 0 Å². The van der Waals surface area contributed by atoms with Gasteiger partial charge in [-0.3, -0.25) is 4.79 Å². The molecule has 0 bridgehead atoms. The van der Waals surface area contributed by atoms with E-state index in [0.29, 0.717) is 23.0 Å². The van der Waals surface area contributed by atoms with Crippen LogP contribution in [0, 0.1) is 5.82 Å². The Kier molecular flexibility index (Phi) is 8.07. The summed E-state index contributed by atoms with van der Waals surface area (Å²) >= 11 is 0. The van der Waals surface area contributed by atoms with Crippen molar-refractivity contribution in [3.8, 4) is 11.4 Å². The van der Waals surface area contributed by atoms with E-state index in [4.69, 9.17) is 15.0 Å². The highest BCUT2D eigenvalue weighted by Gasteiger charge is 2.36. The number of hydrogen-bond donors (Lipinski definition) is 2. The summed E-state index contributed by atoms with van der Waals surface area (Å²) in [4.78, 5) is 31.3. The van der Waals surface area contributed by atoms with Crippen LogP contribution in [0.2, 0.25) is 0 Å². The summed E-state index contributed by atoms with van der Waals surface area (Å²) < 4.78 is 68.9. The van der Waals surface area contributed by atoms with E-state index in [2.05, 4.69) is 20.6 Å². The van der Waals surface area contributed by atoms with Crippen molar-refractivity contribution in [1.82, 2.24) is 29.4 Å². The minimum absolute atomic E-state index is 0.00565. The number of amides is 2. The van der Waals surface area contributed by atoms with E-state index < -0.39 is 35.4 Å². The number of ether oxygens (including phenoxy) is 1. The van der Waals surface area contributed by atoms with Crippen LogP contribution in [0.4, 0.5) is 33.9 Å². The number of fused-ring (bicyclic) bond motifs is 1. The van der Waals surface area contributed by atoms with Crippen molar-refractivity contribution in [2.75, 3.05) is 18.1 Å². The fraction of sp³-hybridized carbons (Fsp3) is 0.129. The van der Waals surface area contributed by atoms with Gasteiger partial charge in [0.2, 0.25) is 0 Å². The molecule has 0 aliphatic rings. The van der Waals surface area contributed by atoms with E-state index in [1.165, 1.54) is 53.0 Å². The van der Waals surface area contributed by atoms with Gasteiger partial charge in [-0.1, -0.05) is 35.5 Å². The fourth-order valence-electron chi connectivity index (χ4n) is 4.69. The number of nitrogen functional groups attached to an aromatic ring is 1. The standard InChI is InChI=1S/C31H24F4N8O4/c1-41(30(45)46-17-18-5-3-2-4-6-18)16-27-37-11-12-42(27)19-7-9-23(22(32)14-19)38-29(44)24-15-26(31(33,34)35)39-43(24)20-8-10-25-21(13-20)28(36)40-47-25/h2-15H,16-17H2,1H3,(H2,36,40)(H,38,44). The van der Waals surface area contributed by atoms with E-state index in [-0.39, 0.29) is 35.9 Å². The zero-order valence-electron chi connectivity index (χ0n) is 24.4. The monoisotopic (exact) mass is 648 g/mol. The second-order valence-corrected chi connectivity index (χ2v) is 10.3. The van der Waals surface area contributed by atoms with Crippen LogP contribution < -0.4 is 11.1 Å². The van der Waals surface area contributed by atoms with E-state index in [1.54, 1.807) is 6.20 Å². The lowest BCUT2D eigenvalue weighted by Crippen LogP contribution is -2.28. The van der Waals surface area contributed by atoms with E-state index >= 15 is 4.39 Å². The van der Waals surface area contributed by atoms with Gasteiger partial charge in [0.1, 0.15) is 23.9 Å². The Morgan fingerprint density at radius 2 is 1.81 bits per heavy atom. The number of nitrogens with one attached hydrogen (secondary N) is 1. The SMILES string of the molecule is CN(Cc1nccn1-c1ccc(NC(=O)c2cc(C(F)(F)F)nn2-c2ccc3onc(N)c3c2)c(F)c1)C(=O)OCc1ccccc1. The first-order chi connectivity index (χ1) is 22.5. The second kappa shape index (κ2) is 12.3. The number of halogens is 4. The Morgan fingerprint density at radius 3 is 2.55 bits per heavy atom. The lowest BCUT2D eigenvalue weighted by molar-refractivity contribution is -0.141. The number of hydrogen-bond acceptors (Lipinski definition) is 8. The van der Waals surface area contributed by atoms with Crippen LogP contribution in [0.15, 0.2) is 89.7 Å². The van der Waals surface area contributed by atoms with Gasteiger partial charge in [0.25, 0.3) is 5.91 Å². The molecule has 0 fully saturated rings. The molecule has 0 radical (unpaired) electrons. The maximum absolute atomic E-state index is 15.3. The van der Waals surface area contributed by atoms with Gasteiger partial charge in [-0.2, -0.15) is 18.3 Å². The molecule has 240 valence electrons. The van der Waals surface area contributed by atoms with Gasteiger partial charge in [-0.15, -0.1) is 0 Å².